The molecule has 3 rings (SSSR count). The van der Waals surface area contributed by atoms with Gasteiger partial charge in [0.25, 0.3) is 0 Å². The van der Waals surface area contributed by atoms with Crippen LogP contribution in [0.5, 0.6) is 0 Å². The minimum Gasteiger partial charge on any atom is -0.314 e. The zero-order valence-corrected chi connectivity index (χ0v) is 13.5. The molecule has 2 aromatic carbocycles. The van der Waals surface area contributed by atoms with E-state index in [1.807, 2.05) is 43.4 Å². The largest absolute Gasteiger partial charge is 0.322 e. The highest BCUT2D eigenvalue weighted by Gasteiger charge is 2.45. The fourth-order valence-corrected chi connectivity index (χ4v) is 3.56. The smallest absolute Gasteiger partial charge is 0.314 e. The molecule has 0 radical (unpaired) electrons. The predicted molar refractivity (Wildman–Crippen MR) is 90.4 cm³/mol. The van der Waals surface area contributed by atoms with Gasteiger partial charge >= 0.3 is 6.03 Å². The van der Waals surface area contributed by atoms with Gasteiger partial charge in [-0.05, 0) is 30.2 Å². The Hall–Kier alpha value is -2.00. The molecule has 0 bridgehead atoms. The molecule has 1 unspecified atom stereocenters. The minimum absolute atomic E-state index is 0.0906. The molecule has 1 heterocycles. The third-order valence-electron chi connectivity index (χ3n) is 4.41. The average Bonchev–Trinajstić information content (AvgIpc) is 2.53. The Bertz CT molecular complexity index is 701. The molecule has 2 aromatic rings. The molecular formula is C18H19ClN2O. The maximum absolute atomic E-state index is 12.5. The predicted octanol–water partition coefficient (Wildman–Crippen LogP) is 4.86. The zero-order valence-electron chi connectivity index (χ0n) is 12.8. The second-order valence-electron chi connectivity index (χ2n) is 5.66. The lowest BCUT2D eigenvalue weighted by Crippen LogP contribution is -2.53. The molecule has 4 heteroatoms. The van der Waals surface area contributed by atoms with E-state index < -0.39 is 5.54 Å². The number of amides is 2. The fourth-order valence-electron chi connectivity index (χ4n) is 3.39. The monoisotopic (exact) mass is 314 g/mol. The second kappa shape index (κ2) is 5.65. The number of benzene rings is 2. The molecular weight excluding hydrogens is 296 g/mol. The first-order chi connectivity index (χ1) is 10.6. The van der Waals surface area contributed by atoms with E-state index in [0.29, 0.717) is 5.02 Å². The summed E-state index contributed by atoms with van der Waals surface area (Å²) >= 11 is 6.24. The Morgan fingerprint density at radius 1 is 1.18 bits per heavy atom. The number of urea groups is 1. The summed E-state index contributed by atoms with van der Waals surface area (Å²) in [6.07, 6.45) is 1.80. The lowest BCUT2D eigenvalue weighted by atomic mass is 9.76. The molecule has 0 spiro atoms. The normalized spacial score (nSPS) is 20.5. The van der Waals surface area contributed by atoms with Crippen LogP contribution < -0.4 is 5.32 Å². The van der Waals surface area contributed by atoms with Crippen molar-refractivity contribution in [3.63, 3.8) is 0 Å². The number of hydrogen-bond donors (Lipinski definition) is 1. The van der Waals surface area contributed by atoms with E-state index >= 15 is 0 Å². The minimum atomic E-state index is -0.488. The molecule has 1 aliphatic heterocycles. The first-order valence-electron chi connectivity index (χ1n) is 7.50. The molecule has 2 amide bonds. The van der Waals surface area contributed by atoms with E-state index in [4.69, 9.17) is 11.6 Å². The van der Waals surface area contributed by atoms with Crippen molar-refractivity contribution in [1.29, 1.82) is 0 Å². The number of halogens is 1. The fraction of sp³-hybridized carbons (Fsp3) is 0.278. The third kappa shape index (κ3) is 2.17. The summed E-state index contributed by atoms with van der Waals surface area (Å²) < 4.78 is 0. The molecule has 114 valence electrons. The first kappa shape index (κ1) is 14.9. The Morgan fingerprint density at radius 3 is 2.59 bits per heavy atom. The quantitative estimate of drug-likeness (QED) is 0.862. The van der Waals surface area contributed by atoms with E-state index in [2.05, 4.69) is 24.4 Å². The van der Waals surface area contributed by atoms with Gasteiger partial charge in [-0.25, -0.2) is 4.79 Å². The van der Waals surface area contributed by atoms with E-state index in [0.717, 1.165) is 29.7 Å². The Morgan fingerprint density at radius 2 is 1.91 bits per heavy atom. The summed E-state index contributed by atoms with van der Waals surface area (Å²) in [6.45, 7) is 2.13. The Labute approximate surface area is 135 Å². The van der Waals surface area contributed by atoms with Gasteiger partial charge in [0.15, 0.2) is 0 Å². The summed E-state index contributed by atoms with van der Waals surface area (Å²) in [4.78, 5) is 14.3. The van der Waals surface area contributed by atoms with Crippen LogP contribution in [-0.4, -0.2) is 18.0 Å². The van der Waals surface area contributed by atoms with Crippen LogP contribution in [0, 0.1) is 0 Å². The maximum atomic E-state index is 12.5. The van der Waals surface area contributed by atoms with Gasteiger partial charge in [0.05, 0.1) is 5.54 Å². The number of nitrogens with zero attached hydrogens (tertiary/aromatic N) is 1. The van der Waals surface area contributed by atoms with Gasteiger partial charge in [-0.3, -0.25) is 0 Å². The highest BCUT2D eigenvalue weighted by atomic mass is 35.5. The third-order valence-corrected chi connectivity index (χ3v) is 4.64. The molecule has 0 fully saturated rings. The van der Waals surface area contributed by atoms with Gasteiger partial charge < -0.3 is 10.2 Å². The van der Waals surface area contributed by atoms with Crippen LogP contribution in [0.1, 0.15) is 30.9 Å². The summed E-state index contributed by atoms with van der Waals surface area (Å²) in [7, 11) is 1.85. The van der Waals surface area contributed by atoms with Crippen molar-refractivity contribution in [2.24, 2.45) is 0 Å². The van der Waals surface area contributed by atoms with Crippen molar-refractivity contribution in [3.8, 4) is 0 Å². The molecule has 0 aliphatic carbocycles. The SMILES string of the molecule is CCCC1(c2ccccc2)c2cc(Cl)ccc2NC(=O)N1C. The van der Waals surface area contributed by atoms with Gasteiger partial charge in [-0.2, -0.15) is 0 Å². The molecule has 1 N–H and O–H groups in total. The number of anilines is 1. The van der Waals surface area contributed by atoms with E-state index in [1.54, 1.807) is 4.90 Å². The van der Waals surface area contributed by atoms with Crippen LogP contribution >= 0.6 is 11.6 Å². The lowest BCUT2D eigenvalue weighted by Gasteiger charge is -2.47. The van der Waals surface area contributed by atoms with Gasteiger partial charge in [0.1, 0.15) is 0 Å². The van der Waals surface area contributed by atoms with Crippen LogP contribution in [0.2, 0.25) is 5.02 Å². The molecule has 1 atom stereocenters. The van der Waals surface area contributed by atoms with E-state index in [-0.39, 0.29) is 6.03 Å². The summed E-state index contributed by atoms with van der Waals surface area (Å²) in [5.74, 6) is 0. The van der Waals surface area contributed by atoms with Crippen LogP contribution in [0.4, 0.5) is 10.5 Å². The van der Waals surface area contributed by atoms with Crippen LogP contribution in [0.25, 0.3) is 0 Å². The average molecular weight is 315 g/mol. The van der Waals surface area contributed by atoms with Crippen molar-refractivity contribution < 1.29 is 4.79 Å². The highest BCUT2D eigenvalue weighted by Crippen LogP contribution is 2.46. The van der Waals surface area contributed by atoms with Crippen molar-refractivity contribution in [2.45, 2.75) is 25.3 Å². The van der Waals surface area contributed by atoms with Crippen molar-refractivity contribution in [3.05, 3.63) is 64.7 Å². The number of nitrogens with one attached hydrogen (secondary N) is 1. The van der Waals surface area contributed by atoms with Crippen LogP contribution in [-0.2, 0) is 5.54 Å². The first-order valence-corrected chi connectivity index (χ1v) is 7.87. The maximum Gasteiger partial charge on any atom is 0.322 e. The number of hydrogen-bond acceptors (Lipinski definition) is 1. The Kier molecular flexibility index (Phi) is 3.83. The van der Waals surface area contributed by atoms with Gasteiger partial charge in [0, 0.05) is 23.3 Å². The number of carbonyl (C=O) groups excluding carboxylic acids is 1. The van der Waals surface area contributed by atoms with Crippen LogP contribution in [0.15, 0.2) is 48.5 Å². The molecule has 1 aliphatic rings. The summed E-state index contributed by atoms with van der Waals surface area (Å²) in [5, 5.41) is 3.63. The molecule has 22 heavy (non-hydrogen) atoms. The number of carbonyl (C=O) groups is 1. The van der Waals surface area contributed by atoms with Crippen molar-refractivity contribution in [2.75, 3.05) is 12.4 Å². The highest BCUT2D eigenvalue weighted by molar-refractivity contribution is 6.30. The molecule has 0 saturated heterocycles. The van der Waals surface area contributed by atoms with E-state index in [9.17, 15) is 4.79 Å². The summed E-state index contributed by atoms with van der Waals surface area (Å²) in [6, 6.07) is 15.7. The molecule has 0 aromatic heterocycles. The summed E-state index contributed by atoms with van der Waals surface area (Å²) in [5.41, 5.74) is 2.51. The lowest BCUT2D eigenvalue weighted by molar-refractivity contribution is 0.157. The van der Waals surface area contributed by atoms with Gasteiger partial charge in [0.2, 0.25) is 0 Å². The number of fused-ring (bicyclic) bond motifs is 1. The van der Waals surface area contributed by atoms with Crippen molar-refractivity contribution >= 4 is 23.3 Å². The standard InChI is InChI=1S/C18H19ClN2O/c1-3-11-18(13-7-5-4-6-8-13)15-12-14(19)9-10-16(15)20-17(22)21(18)2/h4-10,12H,3,11H2,1-2H3,(H,20,22). The Balaban J connectivity index is 2.32. The zero-order chi connectivity index (χ0) is 15.7. The van der Waals surface area contributed by atoms with Crippen molar-refractivity contribution in [1.82, 2.24) is 4.90 Å². The molecule has 0 saturated carbocycles. The number of rotatable bonds is 3. The van der Waals surface area contributed by atoms with Crippen LogP contribution in [0.3, 0.4) is 0 Å². The van der Waals surface area contributed by atoms with Gasteiger partial charge in [-0.15, -0.1) is 0 Å². The topological polar surface area (TPSA) is 32.3 Å². The second-order valence-corrected chi connectivity index (χ2v) is 6.09. The van der Waals surface area contributed by atoms with Gasteiger partial charge in [-0.1, -0.05) is 55.3 Å². The molecule has 3 nitrogen and oxygen atoms in total. The van der Waals surface area contributed by atoms with E-state index in [1.165, 1.54) is 0 Å².